The fraction of sp³-hybridized carbons (Fsp3) is 0.588. The molecule has 0 saturated heterocycles. The normalized spacial score (nSPS) is 16.2. The lowest BCUT2D eigenvalue weighted by Crippen LogP contribution is -2.56. The van der Waals surface area contributed by atoms with Crippen LogP contribution < -0.4 is 11.1 Å². The number of carbonyl (C=O) groups excluding carboxylic acids is 1. The highest BCUT2D eigenvalue weighted by atomic mass is 19.4. The number of aliphatic hydroxyl groups excluding tert-OH is 1. The van der Waals surface area contributed by atoms with Gasteiger partial charge in [-0.1, -0.05) is 30.3 Å². The molecule has 0 aliphatic heterocycles. The van der Waals surface area contributed by atoms with E-state index in [0.29, 0.717) is 5.56 Å². The van der Waals surface area contributed by atoms with Crippen LogP contribution in [0.5, 0.6) is 0 Å². The molecular formula is C17H25F3N2O3. The van der Waals surface area contributed by atoms with Gasteiger partial charge >= 0.3 is 12.1 Å². The summed E-state index contributed by atoms with van der Waals surface area (Å²) in [5.74, 6) is -0.815. The number of nitrogens with one attached hydrogen (secondary N) is 1. The maximum atomic E-state index is 13.6. The molecule has 25 heavy (non-hydrogen) atoms. The van der Waals surface area contributed by atoms with Gasteiger partial charge < -0.3 is 9.84 Å². The molecule has 8 heteroatoms. The molecule has 0 amide bonds. The van der Waals surface area contributed by atoms with Gasteiger partial charge in [0.15, 0.2) is 5.72 Å². The Morgan fingerprint density at radius 1 is 1.24 bits per heavy atom. The minimum absolute atomic E-state index is 0.462. The summed E-state index contributed by atoms with van der Waals surface area (Å²) < 4.78 is 45.6. The Hall–Kier alpha value is -1.64. The van der Waals surface area contributed by atoms with Crippen LogP contribution in [-0.2, 0) is 9.53 Å². The molecule has 0 aliphatic rings. The average Bonchev–Trinajstić information content (AvgIpc) is 2.49. The van der Waals surface area contributed by atoms with Crippen molar-refractivity contribution in [3.05, 3.63) is 35.9 Å². The SMILES string of the molecule is CC(C)(N)OC(=O)CCC(C)(NC(CO)c1ccccc1)C(F)(F)F. The lowest BCUT2D eigenvalue weighted by atomic mass is 9.92. The summed E-state index contributed by atoms with van der Waals surface area (Å²) in [4.78, 5) is 11.7. The fourth-order valence-electron chi connectivity index (χ4n) is 2.30. The molecule has 0 saturated carbocycles. The number of benzene rings is 1. The Balaban J connectivity index is 2.90. The van der Waals surface area contributed by atoms with E-state index >= 15 is 0 Å². The number of esters is 1. The Morgan fingerprint density at radius 2 is 1.80 bits per heavy atom. The summed E-state index contributed by atoms with van der Waals surface area (Å²) in [6.45, 7) is 3.31. The first-order chi connectivity index (χ1) is 11.4. The molecule has 0 aliphatic carbocycles. The summed E-state index contributed by atoms with van der Waals surface area (Å²) in [5.41, 5.74) is 2.41. The van der Waals surface area contributed by atoms with Crippen molar-refractivity contribution in [2.75, 3.05) is 6.61 Å². The quantitative estimate of drug-likeness (QED) is 0.489. The van der Waals surface area contributed by atoms with Gasteiger partial charge in [0, 0.05) is 6.42 Å². The first kappa shape index (κ1) is 21.4. The fourth-order valence-corrected chi connectivity index (χ4v) is 2.30. The van der Waals surface area contributed by atoms with E-state index in [9.17, 15) is 23.1 Å². The third-order valence-electron chi connectivity index (χ3n) is 3.71. The summed E-state index contributed by atoms with van der Waals surface area (Å²) in [7, 11) is 0. The van der Waals surface area contributed by atoms with Crippen LogP contribution in [0.3, 0.4) is 0 Å². The van der Waals surface area contributed by atoms with Gasteiger partial charge in [0.2, 0.25) is 0 Å². The van der Waals surface area contributed by atoms with Crippen molar-refractivity contribution in [2.45, 2.75) is 57.1 Å². The molecule has 4 N–H and O–H groups in total. The minimum Gasteiger partial charge on any atom is -0.445 e. The molecule has 1 aromatic carbocycles. The molecule has 2 unspecified atom stereocenters. The van der Waals surface area contributed by atoms with E-state index in [1.807, 2.05) is 0 Å². The topological polar surface area (TPSA) is 84.6 Å². The first-order valence-electron chi connectivity index (χ1n) is 7.89. The van der Waals surface area contributed by atoms with Gasteiger partial charge in [0.05, 0.1) is 12.6 Å². The third kappa shape index (κ3) is 6.64. The first-order valence-corrected chi connectivity index (χ1v) is 7.89. The number of ether oxygens (including phenoxy) is 1. The molecule has 142 valence electrons. The van der Waals surface area contributed by atoms with Crippen LogP contribution in [0, 0.1) is 0 Å². The lowest BCUT2D eigenvalue weighted by Gasteiger charge is -2.36. The second-order valence-corrected chi connectivity index (χ2v) is 6.70. The number of nitrogens with two attached hydrogens (primary N) is 1. The van der Waals surface area contributed by atoms with E-state index in [1.54, 1.807) is 30.3 Å². The number of halogens is 3. The van der Waals surface area contributed by atoms with E-state index in [4.69, 9.17) is 10.5 Å². The summed E-state index contributed by atoms with van der Waals surface area (Å²) in [6, 6.07) is 7.39. The number of hydrogen-bond donors (Lipinski definition) is 3. The smallest absolute Gasteiger partial charge is 0.406 e. The van der Waals surface area contributed by atoms with Crippen molar-refractivity contribution in [2.24, 2.45) is 5.73 Å². The Bertz CT molecular complexity index is 558. The maximum Gasteiger partial charge on any atom is 0.406 e. The molecular weight excluding hydrogens is 337 g/mol. The van der Waals surface area contributed by atoms with Crippen LogP contribution in [0.15, 0.2) is 30.3 Å². The van der Waals surface area contributed by atoms with Crippen LogP contribution in [-0.4, -0.2) is 35.1 Å². The van der Waals surface area contributed by atoms with Crippen LogP contribution in [0.2, 0.25) is 0 Å². The van der Waals surface area contributed by atoms with Crippen molar-refractivity contribution < 1.29 is 27.8 Å². The van der Waals surface area contributed by atoms with E-state index in [0.717, 1.165) is 6.92 Å². The molecule has 1 rings (SSSR count). The Labute approximate surface area is 145 Å². The molecule has 0 fully saturated rings. The minimum atomic E-state index is -4.63. The summed E-state index contributed by atoms with van der Waals surface area (Å²) in [6.07, 6.45) is -5.64. The van der Waals surface area contributed by atoms with Gasteiger partial charge in [-0.3, -0.25) is 15.8 Å². The van der Waals surface area contributed by atoms with Crippen molar-refractivity contribution in [1.29, 1.82) is 0 Å². The molecule has 1 aromatic rings. The number of carbonyl (C=O) groups is 1. The largest absolute Gasteiger partial charge is 0.445 e. The molecule has 0 spiro atoms. The summed E-state index contributed by atoms with van der Waals surface area (Å²) >= 11 is 0. The zero-order valence-corrected chi connectivity index (χ0v) is 14.6. The van der Waals surface area contributed by atoms with E-state index in [-0.39, 0.29) is 0 Å². The van der Waals surface area contributed by atoms with Crippen LogP contribution >= 0.6 is 0 Å². The average molecular weight is 362 g/mol. The maximum absolute atomic E-state index is 13.6. The zero-order chi connectivity index (χ0) is 19.3. The highest BCUT2D eigenvalue weighted by Gasteiger charge is 2.51. The van der Waals surface area contributed by atoms with E-state index < -0.39 is 48.9 Å². The molecule has 2 atom stereocenters. The summed E-state index contributed by atoms with van der Waals surface area (Å²) in [5, 5.41) is 11.9. The molecule has 5 nitrogen and oxygen atoms in total. The second-order valence-electron chi connectivity index (χ2n) is 6.70. The number of rotatable bonds is 8. The molecule has 0 bridgehead atoms. The predicted molar refractivity (Wildman–Crippen MR) is 87.5 cm³/mol. The van der Waals surface area contributed by atoms with Gasteiger partial charge in [-0.2, -0.15) is 13.2 Å². The van der Waals surface area contributed by atoms with Crippen molar-refractivity contribution in [1.82, 2.24) is 5.32 Å². The number of alkyl halides is 3. The number of aliphatic hydroxyl groups is 1. The van der Waals surface area contributed by atoms with Crippen molar-refractivity contribution >= 4 is 5.97 Å². The molecule has 0 heterocycles. The van der Waals surface area contributed by atoms with Gasteiger partial charge in [0.25, 0.3) is 0 Å². The van der Waals surface area contributed by atoms with Gasteiger partial charge in [0.1, 0.15) is 5.54 Å². The van der Waals surface area contributed by atoms with Gasteiger partial charge in [-0.15, -0.1) is 0 Å². The van der Waals surface area contributed by atoms with Crippen LogP contribution in [0.25, 0.3) is 0 Å². The van der Waals surface area contributed by atoms with E-state index in [1.165, 1.54) is 13.8 Å². The van der Waals surface area contributed by atoms with Crippen LogP contribution in [0.1, 0.15) is 45.2 Å². The lowest BCUT2D eigenvalue weighted by molar-refractivity contribution is -0.198. The highest BCUT2D eigenvalue weighted by molar-refractivity contribution is 5.69. The highest BCUT2D eigenvalue weighted by Crippen LogP contribution is 2.36. The third-order valence-corrected chi connectivity index (χ3v) is 3.71. The molecule has 0 aromatic heterocycles. The van der Waals surface area contributed by atoms with Gasteiger partial charge in [-0.05, 0) is 32.8 Å². The van der Waals surface area contributed by atoms with Crippen molar-refractivity contribution in [3.8, 4) is 0 Å². The Kier molecular flexibility index (Phi) is 6.99. The Morgan fingerprint density at radius 3 is 2.24 bits per heavy atom. The van der Waals surface area contributed by atoms with Crippen LogP contribution in [0.4, 0.5) is 13.2 Å². The zero-order valence-electron chi connectivity index (χ0n) is 14.6. The van der Waals surface area contributed by atoms with Crippen molar-refractivity contribution in [3.63, 3.8) is 0 Å². The van der Waals surface area contributed by atoms with Gasteiger partial charge in [-0.25, -0.2) is 0 Å². The second kappa shape index (κ2) is 8.16. The van der Waals surface area contributed by atoms with E-state index in [2.05, 4.69) is 5.32 Å². The molecule has 0 radical (unpaired) electrons. The standard InChI is InChI=1S/C17H25F3N2O3/c1-15(2,21)25-14(24)9-10-16(3,17(18,19)20)22-13(11-23)12-7-5-4-6-8-12/h4-8,13,22-23H,9-11,21H2,1-3H3. The number of hydrogen-bond acceptors (Lipinski definition) is 5. The predicted octanol–water partition coefficient (Wildman–Crippen LogP) is 2.65. The monoisotopic (exact) mass is 362 g/mol.